The lowest BCUT2D eigenvalue weighted by Crippen LogP contribution is -2.24. The molecule has 29 heavy (non-hydrogen) atoms. The monoisotopic (exact) mass is 407 g/mol. The zero-order valence-corrected chi connectivity index (χ0v) is 14.7. The minimum Gasteiger partial charge on any atom is -0.406 e. The van der Waals surface area contributed by atoms with Crippen molar-refractivity contribution in [3.05, 3.63) is 60.2 Å². The summed E-state index contributed by atoms with van der Waals surface area (Å²) in [5, 5.41) is 3.83. The van der Waals surface area contributed by atoms with Gasteiger partial charge < -0.3 is 14.2 Å². The summed E-state index contributed by atoms with van der Waals surface area (Å²) < 4.78 is 59.2. The van der Waals surface area contributed by atoms with Crippen LogP contribution in [0.1, 0.15) is 18.2 Å². The van der Waals surface area contributed by atoms with Crippen LogP contribution in [-0.2, 0) is 4.79 Å². The third kappa shape index (κ3) is 4.20. The number of hydrogen-bond acceptors (Lipinski definition) is 5. The molecule has 1 amide bonds. The maximum Gasteiger partial charge on any atom is 0.573 e. The van der Waals surface area contributed by atoms with Crippen LogP contribution in [0.4, 0.5) is 23.2 Å². The summed E-state index contributed by atoms with van der Waals surface area (Å²) in [6.45, 7) is 0.252. The van der Waals surface area contributed by atoms with Gasteiger partial charge in [0.25, 0.3) is 0 Å². The Morgan fingerprint density at radius 3 is 2.59 bits per heavy atom. The predicted octanol–water partition coefficient (Wildman–Crippen LogP) is 4.29. The molecule has 10 heteroatoms. The molecule has 0 saturated carbocycles. The van der Waals surface area contributed by atoms with Crippen molar-refractivity contribution < 1.29 is 31.6 Å². The summed E-state index contributed by atoms with van der Waals surface area (Å²) >= 11 is 0. The summed E-state index contributed by atoms with van der Waals surface area (Å²) in [4.78, 5) is 18.0. The van der Waals surface area contributed by atoms with Gasteiger partial charge in [-0.15, -0.1) is 13.2 Å². The summed E-state index contributed by atoms with van der Waals surface area (Å²) in [6.07, 6.45) is -4.65. The number of alkyl halides is 3. The number of rotatable bonds is 4. The molecule has 1 aliphatic rings. The SMILES string of the molecule is O=C1CC(c2nc(-c3ccc(OC(F)(F)F)cc3)no2)CN1c1cccc(F)c1. The first-order chi connectivity index (χ1) is 13.8. The summed E-state index contributed by atoms with van der Waals surface area (Å²) in [7, 11) is 0. The van der Waals surface area contributed by atoms with Gasteiger partial charge in [-0.3, -0.25) is 4.79 Å². The van der Waals surface area contributed by atoms with Gasteiger partial charge in [0.2, 0.25) is 17.6 Å². The lowest BCUT2D eigenvalue weighted by Gasteiger charge is -2.15. The van der Waals surface area contributed by atoms with Gasteiger partial charge in [0.05, 0.1) is 5.92 Å². The van der Waals surface area contributed by atoms with Gasteiger partial charge in [0, 0.05) is 24.2 Å². The molecule has 150 valence electrons. The van der Waals surface area contributed by atoms with E-state index in [9.17, 15) is 22.4 Å². The number of aromatic nitrogens is 2. The molecule has 1 fully saturated rings. The van der Waals surface area contributed by atoms with Crippen molar-refractivity contribution in [2.45, 2.75) is 18.7 Å². The van der Waals surface area contributed by atoms with Crippen molar-refractivity contribution in [1.29, 1.82) is 0 Å². The number of benzene rings is 2. The van der Waals surface area contributed by atoms with E-state index in [1.165, 1.54) is 35.2 Å². The Morgan fingerprint density at radius 1 is 1.14 bits per heavy atom. The number of hydrogen-bond donors (Lipinski definition) is 0. The fourth-order valence-electron chi connectivity index (χ4n) is 3.09. The quantitative estimate of drug-likeness (QED) is 0.604. The van der Waals surface area contributed by atoms with Crippen molar-refractivity contribution in [3.63, 3.8) is 0 Å². The first-order valence-corrected chi connectivity index (χ1v) is 8.54. The smallest absolute Gasteiger partial charge is 0.406 e. The minimum absolute atomic E-state index is 0.122. The van der Waals surface area contributed by atoms with Crippen LogP contribution in [0.2, 0.25) is 0 Å². The second kappa shape index (κ2) is 7.19. The van der Waals surface area contributed by atoms with Gasteiger partial charge in [-0.25, -0.2) is 4.39 Å². The van der Waals surface area contributed by atoms with E-state index in [2.05, 4.69) is 14.9 Å². The molecule has 1 aromatic heterocycles. The maximum absolute atomic E-state index is 13.4. The van der Waals surface area contributed by atoms with Crippen molar-refractivity contribution >= 4 is 11.6 Å². The van der Waals surface area contributed by atoms with Gasteiger partial charge >= 0.3 is 6.36 Å². The summed E-state index contributed by atoms with van der Waals surface area (Å²) in [5.41, 5.74) is 0.873. The highest BCUT2D eigenvalue weighted by molar-refractivity contribution is 5.96. The van der Waals surface area contributed by atoms with E-state index in [4.69, 9.17) is 4.52 Å². The van der Waals surface area contributed by atoms with Crippen LogP contribution in [0.3, 0.4) is 0 Å². The van der Waals surface area contributed by atoms with Crippen LogP contribution in [-0.4, -0.2) is 29.0 Å². The number of halogens is 4. The maximum atomic E-state index is 13.4. The molecule has 0 spiro atoms. The van der Waals surface area contributed by atoms with E-state index in [1.54, 1.807) is 6.07 Å². The molecule has 1 aliphatic heterocycles. The number of ether oxygens (including phenoxy) is 1. The Labute approximate surface area is 161 Å². The Balaban J connectivity index is 1.49. The molecular weight excluding hydrogens is 394 g/mol. The zero-order valence-electron chi connectivity index (χ0n) is 14.7. The van der Waals surface area contributed by atoms with Gasteiger partial charge in [-0.05, 0) is 42.5 Å². The molecule has 0 radical (unpaired) electrons. The third-order valence-electron chi connectivity index (χ3n) is 4.38. The Hall–Kier alpha value is -3.43. The average molecular weight is 407 g/mol. The van der Waals surface area contributed by atoms with Crippen LogP contribution in [0.5, 0.6) is 5.75 Å². The molecule has 2 aromatic carbocycles. The van der Waals surface area contributed by atoms with Gasteiger partial charge in [-0.2, -0.15) is 4.98 Å². The van der Waals surface area contributed by atoms with Crippen molar-refractivity contribution in [2.75, 3.05) is 11.4 Å². The average Bonchev–Trinajstić information content (AvgIpc) is 3.28. The molecule has 1 atom stereocenters. The standard InChI is InChI=1S/C19H13F4N3O3/c20-13-2-1-3-14(9-13)26-10-12(8-16(26)27)18-24-17(25-29-18)11-4-6-15(7-5-11)28-19(21,22)23/h1-7,9,12H,8,10H2. The topological polar surface area (TPSA) is 68.5 Å². The van der Waals surface area contributed by atoms with E-state index < -0.39 is 12.2 Å². The number of nitrogens with zero attached hydrogens (tertiary/aromatic N) is 3. The van der Waals surface area contributed by atoms with E-state index in [-0.39, 0.29) is 42.3 Å². The van der Waals surface area contributed by atoms with Gasteiger partial charge in [0.15, 0.2) is 0 Å². The normalized spacial score (nSPS) is 17.0. The zero-order chi connectivity index (χ0) is 20.6. The van der Waals surface area contributed by atoms with E-state index in [0.29, 0.717) is 11.3 Å². The summed E-state index contributed by atoms with van der Waals surface area (Å²) in [5.74, 6) is -0.985. The lowest BCUT2D eigenvalue weighted by molar-refractivity contribution is -0.274. The second-order valence-corrected chi connectivity index (χ2v) is 6.41. The van der Waals surface area contributed by atoms with Crippen LogP contribution >= 0.6 is 0 Å². The van der Waals surface area contributed by atoms with Crippen molar-refractivity contribution in [3.8, 4) is 17.1 Å². The largest absolute Gasteiger partial charge is 0.573 e. The first kappa shape index (κ1) is 18.9. The molecular formula is C19H13F4N3O3. The van der Waals surface area contributed by atoms with Crippen molar-refractivity contribution in [2.24, 2.45) is 0 Å². The van der Waals surface area contributed by atoms with E-state index >= 15 is 0 Å². The van der Waals surface area contributed by atoms with Crippen molar-refractivity contribution in [1.82, 2.24) is 10.1 Å². The minimum atomic E-state index is -4.77. The van der Waals surface area contributed by atoms with E-state index in [1.807, 2.05) is 0 Å². The van der Waals surface area contributed by atoms with Crippen LogP contribution in [0.15, 0.2) is 53.1 Å². The highest BCUT2D eigenvalue weighted by Gasteiger charge is 2.35. The molecule has 0 N–H and O–H groups in total. The fourth-order valence-corrected chi connectivity index (χ4v) is 3.09. The Morgan fingerprint density at radius 2 is 1.90 bits per heavy atom. The van der Waals surface area contributed by atoms with Gasteiger partial charge in [0.1, 0.15) is 11.6 Å². The number of anilines is 1. The molecule has 3 aromatic rings. The molecule has 1 unspecified atom stereocenters. The molecule has 4 rings (SSSR count). The van der Waals surface area contributed by atoms with Crippen LogP contribution in [0, 0.1) is 5.82 Å². The molecule has 2 heterocycles. The molecule has 0 aliphatic carbocycles. The number of carbonyl (C=O) groups excluding carboxylic acids is 1. The van der Waals surface area contributed by atoms with Gasteiger partial charge in [-0.1, -0.05) is 11.2 Å². The lowest BCUT2D eigenvalue weighted by atomic mass is 10.1. The van der Waals surface area contributed by atoms with Crippen LogP contribution in [0.25, 0.3) is 11.4 Å². The highest BCUT2D eigenvalue weighted by Crippen LogP contribution is 2.32. The first-order valence-electron chi connectivity index (χ1n) is 8.54. The highest BCUT2D eigenvalue weighted by atomic mass is 19.4. The summed E-state index contributed by atoms with van der Waals surface area (Å²) in [6, 6.07) is 10.7. The Kier molecular flexibility index (Phi) is 4.69. The molecule has 6 nitrogen and oxygen atoms in total. The Bertz CT molecular complexity index is 1030. The fraction of sp³-hybridized carbons (Fsp3) is 0.211. The van der Waals surface area contributed by atoms with E-state index in [0.717, 1.165) is 12.1 Å². The third-order valence-corrected chi connectivity index (χ3v) is 4.38. The number of amides is 1. The number of carbonyl (C=O) groups is 1. The molecule has 1 saturated heterocycles. The van der Waals surface area contributed by atoms with Crippen LogP contribution < -0.4 is 9.64 Å². The second-order valence-electron chi connectivity index (χ2n) is 6.41. The predicted molar refractivity (Wildman–Crippen MR) is 92.5 cm³/mol. The molecule has 0 bridgehead atoms.